The van der Waals surface area contributed by atoms with Crippen LogP contribution < -0.4 is 10.1 Å². The molecule has 5 nitrogen and oxygen atoms in total. The number of rotatable bonds is 3. The second-order valence-corrected chi connectivity index (χ2v) is 7.16. The summed E-state index contributed by atoms with van der Waals surface area (Å²) in [6, 6.07) is 8.64. The second kappa shape index (κ2) is 7.43. The number of hydrogen-bond acceptors (Lipinski definition) is 3. The van der Waals surface area contributed by atoms with Gasteiger partial charge in [0.05, 0.1) is 13.2 Å². The number of likely N-dealkylation sites (tertiary alicyclic amines) is 1. The van der Waals surface area contributed by atoms with Gasteiger partial charge in [0.25, 0.3) is 0 Å². The quantitative estimate of drug-likeness (QED) is 0.895. The van der Waals surface area contributed by atoms with Crippen molar-refractivity contribution in [3.63, 3.8) is 0 Å². The maximum absolute atomic E-state index is 12.6. The molecule has 2 amide bonds. The van der Waals surface area contributed by atoms with E-state index in [-0.39, 0.29) is 24.2 Å². The van der Waals surface area contributed by atoms with E-state index in [1.165, 1.54) is 5.56 Å². The lowest BCUT2D eigenvalue weighted by molar-refractivity contribution is 0.115. The van der Waals surface area contributed by atoms with Crippen LogP contribution in [0.15, 0.2) is 24.3 Å². The minimum absolute atomic E-state index is 0.0416. The highest BCUT2D eigenvalue weighted by atomic mass is 16.5. The first kappa shape index (κ1) is 17.1. The van der Waals surface area contributed by atoms with Crippen LogP contribution in [0.3, 0.4) is 0 Å². The molecule has 1 saturated carbocycles. The van der Waals surface area contributed by atoms with Crippen LogP contribution in [0.5, 0.6) is 5.75 Å². The zero-order valence-corrected chi connectivity index (χ0v) is 14.6. The Labute approximate surface area is 144 Å². The molecule has 2 atom stereocenters. The number of aliphatic hydroxyl groups is 1. The number of urea groups is 1. The molecule has 0 aromatic heterocycles. The summed E-state index contributed by atoms with van der Waals surface area (Å²) in [6.45, 7) is 2.88. The van der Waals surface area contributed by atoms with Gasteiger partial charge in [0.1, 0.15) is 5.75 Å². The van der Waals surface area contributed by atoms with Gasteiger partial charge in [0.2, 0.25) is 0 Å². The first-order chi connectivity index (χ1) is 11.6. The summed E-state index contributed by atoms with van der Waals surface area (Å²) < 4.78 is 5.21. The number of hydrogen-bond donors (Lipinski definition) is 2. The van der Waals surface area contributed by atoms with Gasteiger partial charge >= 0.3 is 6.03 Å². The summed E-state index contributed by atoms with van der Waals surface area (Å²) in [4.78, 5) is 14.6. The first-order valence-electron chi connectivity index (χ1n) is 8.96. The van der Waals surface area contributed by atoms with Gasteiger partial charge < -0.3 is 20.1 Å². The van der Waals surface area contributed by atoms with Crippen molar-refractivity contribution in [1.29, 1.82) is 0 Å². The molecule has 1 aromatic carbocycles. The van der Waals surface area contributed by atoms with Crippen LogP contribution in [0.2, 0.25) is 0 Å². The Morgan fingerprint density at radius 2 is 1.88 bits per heavy atom. The Hall–Kier alpha value is -1.75. The molecule has 0 bridgehead atoms. The van der Waals surface area contributed by atoms with E-state index < -0.39 is 0 Å². The van der Waals surface area contributed by atoms with E-state index in [0.29, 0.717) is 5.92 Å². The molecule has 3 rings (SSSR count). The summed E-state index contributed by atoms with van der Waals surface area (Å²) in [5, 5.41) is 12.7. The Bertz CT molecular complexity index is 552. The molecular weight excluding hydrogens is 304 g/mol. The average Bonchev–Trinajstić information content (AvgIpc) is 2.99. The Morgan fingerprint density at radius 3 is 2.50 bits per heavy atom. The van der Waals surface area contributed by atoms with Crippen molar-refractivity contribution in [3.8, 4) is 5.75 Å². The summed E-state index contributed by atoms with van der Waals surface area (Å²) in [5.74, 6) is 1.24. The number of carbonyl (C=O) groups is 1. The van der Waals surface area contributed by atoms with Crippen molar-refractivity contribution in [1.82, 2.24) is 10.2 Å². The third kappa shape index (κ3) is 3.83. The number of carbonyl (C=O) groups excluding carboxylic acids is 1. The highest BCUT2D eigenvalue weighted by molar-refractivity contribution is 5.75. The molecule has 132 valence electrons. The molecule has 2 fully saturated rings. The molecule has 24 heavy (non-hydrogen) atoms. The summed E-state index contributed by atoms with van der Waals surface area (Å²) >= 11 is 0. The van der Waals surface area contributed by atoms with E-state index in [4.69, 9.17) is 4.74 Å². The fraction of sp³-hybridized carbons (Fsp3) is 0.632. The number of nitrogens with zero attached hydrogens (tertiary/aromatic N) is 1. The van der Waals surface area contributed by atoms with E-state index in [0.717, 1.165) is 44.4 Å². The van der Waals surface area contributed by atoms with Gasteiger partial charge in [-0.2, -0.15) is 0 Å². The minimum atomic E-state index is -0.191. The van der Waals surface area contributed by atoms with Crippen LogP contribution in [0, 0.1) is 0 Å². The first-order valence-corrected chi connectivity index (χ1v) is 8.96. The monoisotopic (exact) mass is 332 g/mol. The second-order valence-electron chi connectivity index (χ2n) is 7.16. The number of nitrogens with one attached hydrogen (secondary N) is 1. The van der Waals surface area contributed by atoms with Crippen LogP contribution in [0.1, 0.15) is 50.5 Å². The molecule has 1 saturated heterocycles. The van der Waals surface area contributed by atoms with E-state index in [9.17, 15) is 9.90 Å². The summed E-state index contributed by atoms with van der Waals surface area (Å²) in [6.07, 6.45) is 4.12. The van der Waals surface area contributed by atoms with Crippen molar-refractivity contribution in [2.45, 2.75) is 63.1 Å². The summed E-state index contributed by atoms with van der Waals surface area (Å²) in [7, 11) is 1.67. The highest BCUT2D eigenvalue weighted by Gasteiger charge is 2.34. The maximum Gasteiger partial charge on any atom is 0.317 e. The lowest BCUT2D eigenvalue weighted by Gasteiger charge is -2.29. The van der Waals surface area contributed by atoms with E-state index in [1.54, 1.807) is 7.11 Å². The number of amides is 2. The number of aliphatic hydroxyl groups excluding tert-OH is 1. The van der Waals surface area contributed by atoms with Crippen LogP contribution in [-0.2, 0) is 0 Å². The number of benzene rings is 1. The molecule has 0 spiro atoms. The van der Waals surface area contributed by atoms with Crippen LogP contribution in [0.25, 0.3) is 0 Å². The molecule has 1 aliphatic heterocycles. The maximum atomic E-state index is 12.6. The van der Waals surface area contributed by atoms with Gasteiger partial charge in [-0.1, -0.05) is 12.1 Å². The number of ether oxygens (including phenoxy) is 1. The van der Waals surface area contributed by atoms with E-state index in [1.807, 2.05) is 17.0 Å². The lowest BCUT2D eigenvalue weighted by Crippen LogP contribution is -2.47. The third-order valence-corrected chi connectivity index (χ3v) is 5.45. The lowest BCUT2D eigenvalue weighted by atomic mass is 9.93. The van der Waals surface area contributed by atoms with Gasteiger partial charge in [-0.05, 0) is 56.7 Å². The summed E-state index contributed by atoms with van der Waals surface area (Å²) in [5.41, 5.74) is 1.26. The van der Waals surface area contributed by atoms with Gasteiger partial charge in [0.15, 0.2) is 0 Å². The molecule has 2 N–H and O–H groups in total. The zero-order chi connectivity index (χ0) is 17.1. The van der Waals surface area contributed by atoms with Crippen molar-refractivity contribution >= 4 is 6.03 Å². The topological polar surface area (TPSA) is 61.8 Å². The smallest absolute Gasteiger partial charge is 0.317 e. The van der Waals surface area contributed by atoms with Gasteiger partial charge in [-0.3, -0.25) is 0 Å². The molecular formula is C19H28N2O3. The van der Waals surface area contributed by atoms with Crippen molar-refractivity contribution in [2.24, 2.45) is 0 Å². The SMILES string of the molecule is COc1ccc(C2CC(C)N(C(=O)NC3CCC(O)CC3)C2)cc1. The Morgan fingerprint density at radius 1 is 1.21 bits per heavy atom. The third-order valence-electron chi connectivity index (χ3n) is 5.45. The largest absolute Gasteiger partial charge is 0.497 e. The molecule has 0 radical (unpaired) electrons. The molecule has 1 aromatic rings. The fourth-order valence-corrected chi connectivity index (χ4v) is 3.91. The highest BCUT2D eigenvalue weighted by Crippen LogP contribution is 2.32. The Kier molecular flexibility index (Phi) is 5.29. The number of methoxy groups -OCH3 is 1. The van der Waals surface area contributed by atoms with E-state index >= 15 is 0 Å². The van der Waals surface area contributed by atoms with Crippen molar-refractivity contribution in [2.75, 3.05) is 13.7 Å². The predicted octanol–water partition coefficient (Wildman–Crippen LogP) is 2.89. The minimum Gasteiger partial charge on any atom is -0.497 e. The standard InChI is InChI=1S/C19H28N2O3/c1-13-11-15(14-3-9-18(24-2)10-4-14)12-21(13)19(23)20-16-5-7-17(22)8-6-16/h3-4,9-10,13,15-17,22H,5-8,11-12H2,1-2H3,(H,20,23). The van der Waals surface area contributed by atoms with Gasteiger partial charge in [0, 0.05) is 24.5 Å². The average molecular weight is 332 g/mol. The molecule has 1 heterocycles. The molecule has 2 unspecified atom stereocenters. The molecule has 1 aliphatic carbocycles. The van der Waals surface area contributed by atoms with Crippen LogP contribution >= 0.6 is 0 Å². The van der Waals surface area contributed by atoms with Crippen LogP contribution in [0.4, 0.5) is 4.79 Å². The molecule has 5 heteroatoms. The van der Waals surface area contributed by atoms with Gasteiger partial charge in [-0.25, -0.2) is 4.79 Å². The van der Waals surface area contributed by atoms with Crippen molar-refractivity contribution in [3.05, 3.63) is 29.8 Å². The normalized spacial score (nSPS) is 30.2. The van der Waals surface area contributed by atoms with Crippen LogP contribution in [-0.4, -0.2) is 47.9 Å². The van der Waals surface area contributed by atoms with E-state index in [2.05, 4.69) is 24.4 Å². The molecule has 2 aliphatic rings. The predicted molar refractivity (Wildman–Crippen MR) is 93.3 cm³/mol. The zero-order valence-electron chi connectivity index (χ0n) is 14.6. The fourth-order valence-electron chi connectivity index (χ4n) is 3.91. The van der Waals surface area contributed by atoms with Crippen molar-refractivity contribution < 1.29 is 14.6 Å². The Balaban J connectivity index is 1.57. The van der Waals surface area contributed by atoms with Gasteiger partial charge in [-0.15, -0.1) is 0 Å².